The normalized spacial score (nSPS) is 13.0. The lowest BCUT2D eigenvalue weighted by Gasteiger charge is -2.20. The molecular weight excluding hydrogens is 422 g/mol. The van der Waals surface area contributed by atoms with Gasteiger partial charge >= 0.3 is 0 Å². The van der Waals surface area contributed by atoms with Crippen molar-refractivity contribution in [2.24, 2.45) is 7.05 Å². The van der Waals surface area contributed by atoms with Crippen LogP contribution in [0.15, 0.2) is 34.2 Å². The number of halogens is 1. The molecule has 1 aliphatic heterocycles. The van der Waals surface area contributed by atoms with Gasteiger partial charge in [-0.25, -0.2) is 9.97 Å². The van der Waals surface area contributed by atoms with E-state index in [2.05, 4.69) is 36.3 Å². The van der Waals surface area contributed by atoms with Crippen LogP contribution in [-0.2, 0) is 11.8 Å². The highest BCUT2D eigenvalue weighted by atomic mass is 79.9. The van der Waals surface area contributed by atoms with Crippen LogP contribution in [0.4, 0.5) is 5.69 Å². The van der Waals surface area contributed by atoms with Crippen molar-refractivity contribution in [3.63, 3.8) is 0 Å². The lowest BCUT2D eigenvalue weighted by Crippen LogP contribution is -2.17. The largest absolute Gasteiger partial charge is 0.486 e. The quantitative estimate of drug-likeness (QED) is 0.497. The monoisotopic (exact) mass is 435 g/mol. The number of aromatic nitrogens is 4. The number of benzene rings is 1. The van der Waals surface area contributed by atoms with Gasteiger partial charge in [-0.15, -0.1) is 0 Å². The molecule has 1 amide bonds. The van der Waals surface area contributed by atoms with Gasteiger partial charge in [0.15, 0.2) is 17.1 Å². The van der Waals surface area contributed by atoms with Gasteiger partial charge in [-0.1, -0.05) is 11.8 Å². The van der Waals surface area contributed by atoms with Gasteiger partial charge in [0.2, 0.25) is 5.91 Å². The van der Waals surface area contributed by atoms with E-state index in [-0.39, 0.29) is 11.7 Å². The van der Waals surface area contributed by atoms with E-state index in [0.717, 1.165) is 20.5 Å². The summed E-state index contributed by atoms with van der Waals surface area (Å²) in [5.74, 6) is 1.34. The van der Waals surface area contributed by atoms with Crippen LogP contribution in [0.25, 0.3) is 11.0 Å². The molecule has 4 rings (SSSR count). The molecule has 0 saturated carbocycles. The van der Waals surface area contributed by atoms with Crippen LogP contribution < -0.4 is 14.8 Å². The van der Waals surface area contributed by atoms with Gasteiger partial charge in [-0.05, 0) is 15.9 Å². The molecule has 8 nitrogen and oxygen atoms in total. The lowest BCUT2D eigenvalue weighted by molar-refractivity contribution is -0.113. The van der Waals surface area contributed by atoms with Crippen LogP contribution in [-0.4, -0.2) is 44.6 Å². The second-order valence-electron chi connectivity index (χ2n) is 5.50. The van der Waals surface area contributed by atoms with Crippen molar-refractivity contribution in [1.82, 2.24) is 19.7 Å². The predicted octanol–water partition coefficient (Wildman–Crippen LogP) is 2.63. The van der Waals surface area contributed by atoms with Gasteiger partial charge in [0.05, 0.1) is 23.0 Å². The zero-order valence-corrected chi connectivity index (χ0v) is 16.1. The molecular formula is C16H14BrN5O3S. The predicted molar refractivity (Wildman–Crippen MR) is 101 cm³/mol. The first-order chi connectivity index (χ1) is 12.6. The highest BCUT2D eigenvalue weighted by molar-refractivity contribution is 9.10. The van der Waals surface area contributed by atoms with Gasteiger partial charge in [-0.2, -0.15) is 5.10 Å². The van der Waals surface area contributed by atoms with E-state index >= 15 is 0 Å². The topological polar surface area (TPSA) is 91.2 Å². The minimum atomic E-state index is -0.150. The summed E-state index contributed by atoms with van der Waals surface area (Å²) in [4.78, 5) is 20.8. The molecule has 0 spiro atoms. The van der Waals surface area contributed by atoms with E-state index in [1.54, 1.807) is 23.0 Å². The number of hydrogen-bond donors (Lipinski definition) is 1. The Bertz CT molecular complexity index is 993. The zero-order valence-electron chi connectivity index (χ0n) is 13.7. The van der Waals surface area contributed by atoms with E-state index in [9.17, 15) is 4.79 Å². The number of rotatable bonds is 4. The molecule has 134 valence electrons. The molecule has 0 unspecified atom stereocenters. The smallest absolute Gasteiger partial charge is 0.234 e. The molecule has 0 aliphatic carbocycles. The molecule has 3 aromatic rings. The third-order valence-electron chi connectivity index (χ3n) is 3.74. The first kappa shape index (κ1) is 17.1. The van der Waals surface area contributed by atoms with E-state index < -0.39 is 0 Å². The van der Waals surface area contributed by atoms with E-state index in [1.165, 1.54) is 18.1 Å². The zero-order chi connectivity index (χ0) is 18.1. The highest BCUT2D eigenvalue weighted by Gasteiger charge is 2.17. The summed E-state index contributed by atoms with van der Waals surface area (Å²) in [6.45, 7) is 1.01. The van der Waals surface area contributed by atoms with Crippen molar-refractivity contribution in [3.8, 4) is 11.5 Å². The summed E-state index contributed by atoms with van der Waals surface area (Å²) >= 11 is 4.78. The fourth-order valence-electron chi connectivity index (χ4n) is 2.54. The van der Waals surface area contributed by atoms with Gasteiger partial charge < -0.3 is 14.8 Å². The minimum absolute atomic E-state index is 0.150. The summed E-state index contributed by atoms with van der Waals surface area (Å²) in [6.07, 6.45) is 3.18. The molecule has 1 aliphatic rings. The number of nitrogens with zero attached hydrogens (tertiary/aromatic N) is 4. The van der Waals surface area contributed by atoms with Crippen LogP contribution in [0.2, 0.25) is 0 Å². The standard InChI is InChI=1S/C16H14BrN5O3S/c1-22-15-9(6-20-22)16(19-8-18-15)26-7-14(23)21-11-5-13-12(4-10(11)17)24-2-3-25-13/h4-6,8H,2-3,7H2,1H3,(H,21,23). The van der Waals surface area contributed by atoms with Crippen molar-refractivity contribution in [2.45, 2.75) is 5.03 Å². The van der Waals surface area contributed by atoms with Crippen LogP contribution in [0.5, 0.6) is 11.5 Å². The molecule has 26 heavy (non-hydrogen) atoms. The number of amides is 1. The fraction of sp³-hybridized carbons (Fsp3) is 0.250. The Morgan fingerprint density at radius 2 is 2.08 bits per heavy atom. The van der Waals surface area contributed by atoms with Crippen molar-refractivity contribution in [2.75, 3.05) is 24.3 Å². The number of aryl methyl sites for hydroxylation is 1. The van der Waals surface area contributed by atoms with Crippen molar-refractivity contribution in [1.29, 1.82) is 0 Å². The van der Waals surface area contributed by atoms with Crippen molar-refractivity contribution in [3.05, 3.63) is 29.1 Å². The number of hydrogen-bond acceptors (Lipinski definition) is 7. The molecule has 1 aromatic carbocycles. The van der Waals surface area contributed by atoms with Crippen molar-refractivity contribution < 1.29 is 14.3 Å². The maximum Gasteiger partial charge on any atom is 0.234 e. The number of carbonyl (C=O) groups is 1. The Labute approximate surface area is 161 Å². The van der Waals surface area contributed by atoms with Crippen LogP contribution in [0, 0.1) is 0 Å². The summed E-state index contributed by atoms with van der Waals surface area (Å²) < 4.78 is 13.5. The molecule has 10 heteroatoms. The first-order valence-corrected chi connectivity index (χ1v) is 9.54. The minimum Gasteiger partial charge on any atom is -0.486 e. The third-order valence-corrected chi connectivity index (χ3v) is 5.40. The fourth-order valence-corrected chi connectivity index (χ4v) is 3.72. The highest BCUT2D eigenvalue weighted by Crippen LogP contribution is 2.38. The molecule has 2 aromatic heterocycles. The summed E-state index contributed by atoms with van der Waals surface area (Å²) in [6, 6.07) is 3.55. The van der Waals surface area contributed by atoms with Crippen LogP contribution in [0.1, 0.15) is 0 Å². The number of ether oxygens (including phenoxy) is 2. The second-order valence-corrected chi connectivity index (χ2v) is 7.32. The first-order valence-electron chi connectivity index (χ1n) is 7.76. The molecule has 0 radical (unpaired) electrons. The number of thioether (sulfide) groups is 1. The molecule has 1 N–H and O–H groups in total. The second kappa shape index (κ2) is 7.12. The van der Waals surface area contributed by atoms with Crippen LogP contribution >= 0.6 is 27.7 Å². The maximum absolute atomic E-state index is 12.4. The number of nitrogens with one attached hydrogen (secondary N) is 1. The summed E-state index contributed by atoms with van der Waals surface area (Å²) in [5.41, 5.74) is 1.37. The number of carbonyl (C=O) groups excluding carboxylic acids is 1. The summed E-state index contributed by atoms with van der Waals surface area (Å²) in [7, 11) is 1.82. The lowest BCUT2D eigenvalue weighted by atomic mass is 10.2. The number of anilines is 1. The van der Waals surface area contributed by atoms with Gasteiger partial charge in [0.1, 0.15) is 24.6 Å². The van der Waals surface area contributed by atoms with E-state index in [1.807, 2.05) is 7.05 Å². The average molecular weight is 436 g/mol. The van der Waals surface area contributed by atoms with Gasteiger partial charge in [0.25, 0.3) is 0 Å². The van der Waals surface area contributed by atoms with Crippen molar-refractivity contribution >= 4 is 50.3 Å². The number of fused-ring (bicyclic) bond motifs is 2. The van der Waals surface area contributed by atoms with Gasteiger partial charge in [0, 0.05) is 23.7 Å². The van der Waals surface area contributed by atoms with Crippen LogP contribution in [0.3, 0.4) is 0 Å². The SMILES string of the molecule is Cn1ncc2c(SCC(=O)Nc3cc4c(cc3Br)OCCO4)ncnc21. The Morgan fingerprint density at radius 1 is 1.31 bits per heavy atom. The third kappa shape index (κ3) is 3.34. The average Bonchev–Trinajstić information content (AvgIpc) is 3.02. The van der Waals surface area contributed by atoms with E-state index in [4.69, 9.17) is 9.47 Å². The van der Waals surface area contributed by atoms with E-state index in [0.29, 0.717) is 30.4 Å². The molecule has 0 fully saturated rings. The van der Waals surface area contributed by atoms with Gasteiger partial charge in [-0.3, -0.25) is 9.48 Å². The molecule has 0 atom stereocenters. The maximum atomic E-state index is 12.4. The molecule has 0 saturated heterocycles. The Morgan fingerprint density at radius 3 is 2.88 bits per heavy atom. The Balaban J connectivity index is 1.46. The summed E-state index contributed by atoms with van der Waals surface area (Å²) in [5, 5.41) is 8.60. The molecule has 0 bridgehead atoms. The Kier molecular flexibility index (Phi) is 4.68. The Hall–Kier alpha value is -2.33. The molecule has 3 heterocycles.